The normalized spacial score (nSPS) is 11.0. The highest BCUT2D eigenvalue weighted by Gasteiger charge is 2.33. The van der Waals surface area contributed by atoms with E-state index in [1.165, 1.54) is 18.2 Å². The predicted molar refractivity (Wildman–Crippen MR) is 61.5 cm³/mol. The average Bonchev–Trinajstić information content (AvgIpc) is 2.15. The van der Waals surface area contributed by atoms with E-state index in [0.29, 0.717) is 0 Å². The number of thiocarbonyl (C=S) groups is 1. The van der Waals surface area contributed by atoms with Crippen molar-refractivity contribution in [2.45, 2.75) is 12.6 Å². The van der Waals surface area contributed by atoms with Gasteiger partial charge in [0.15, 0.2) is 0 Å². The summed E-state index contributed by atoms with van der Waals surface area (Å²) >= 11 is 4.72. The number of anilines is 1. The van der Waals surface area contributed by atoms with Gasteiger partial charge in [-0.1, -0.05) is 24.4 Å². The maximum atomic E-state index is 12.6. The smallest absolute Gasteiger partial charge is 0.369 e. The Morgan fingerprint density at radius 1 is 1.35 bits per heavy atom. The first-order valence-corrected chi connectivity index (χ1v) is 4.96. The summed E-state index contributed by atoms with van der Waals surface area (Å²) in [6, 6.07) is 4.86. The van der Waals surface area contributed by atoms with E-state index < -0.39 is 17.6 Å². The Morgan fingerprint density at radius 3 is 2.47 bits per heavy atom. The highest BCUT2D eigenvalue weighted by atomic mass is 32.1. The number of para-hydroxylation sites is 1. The summed E-state index contributed by atoms with van der Waals surface area (Å²) in [5.41, 5.74) is 3.85. The molecule has 0 radical (unpaired) electrons. The summed E-state index contributed by atoms with van der Waals surface area (Å²) < 4.78 is 37.8. The molecule has 1 aromatic rings. The van der Waals surface area contributed by atoms with Crippen molar-refractivity contribution < 1.29 is 18.0 Å². The highest BCUT2D eigenvalue weighted by Crippen LogP contribution is 2.34. The van der Waals surface area contributed by atoms with Crippen LogP contribution in [0.1, 0.15) is 12.0 Å². The number of carbonyl (C=O) groups excluding carboxylic acids is 1. The van der Waals surface area contributed by atoms with Gasteiger partial charge in [0.05, 0.1) is 22.7 Å². The fourth-order valence-electron chi connectivity index (χ4n) is 1.19. The van der Waals surface area contributed by atoms with E-state index in [1.807, 2.05) is 0 Å². The summed E-state index contributed by atoms with van der Waals surface area (Å²) in [5.74, 6) is -0.702. The summed E-state index contributed by atoms with van der Waals surface area (Å²) in [7, 11) is 0. The topological polar surface area (TPSA) is 55.1 Å². The van der Waals surface area contributed by atoms with Crippen LogP contribution in [-0.4, -0.2) is 10.9 Å². The average molecular weight is 262 g/mol. The SMILES string of the molecule is NC(=O)CC(=S)Nc1ccccc1C(F)(F)F. The van der Waals surface area contributed by atoms with Gasteiger partial charge in [0.2, 0.25) is 5.91 Å². The van der Waals surface area contributed by atoms with Gasteiger partial charge in [-0.25, -0.2) is 0 Å². The van der Waals surface area contributed by atoms with Crippen molar-refractivity contribution in [2.24, 2.45) is 5.73 Å². The second-order valence-corrected chi connectivity index (χ2v) is 3.73. The first-order valence-electron chi connectivity index (χ1n) is 4.55. The lowest BCUT2D eigenvalue weighted by Crippen LogP contribution is -2.21. The summed E-state index contributed by atoms with van der Waals surface area (Å²) in [6.07, 6.45) is -4.77. The molecule has 0 fully saturated rings. The summed E-state index contributed by atoms with van der Waals surface area (Å²) in [5, 5.41) is 2.36. The molecule has 92 valence electrons. The Labute approximate surface area is 101 Å². The monoisotopic (exact) mass is 262 g/mol. The molecule has 0 atom stereocenters. The minimum absolute atomic E-state index is 0.0470. The molecule has 17 heavy (non-hydrogen) atoms. The molecule has 1 rings (SSSR count). The molecule has 0 aliphatic heterocycles. The van der Waals surface area contributed by atoms with Crippen LogP contribution in [0.25, 0.3) is 0 Å². The zero-order valence-corrected chi connectivity index (χ0v) is 9.36. The molecule has 0 bridgehead atoms. The molecule has 0 saturated carbocycles. The maximum absolute atomic E-state index is 12.6. The van der Waals surface area contributed by atoms with E-state index in [2.05, 4.69) is 5.32 Å². The lowest BCUT2D eigenvalue weighted by molar-refractivity contribution is -0.136. The van der Waals surface area contributed by atoms with Crippen molar-refractivity contribution in [3.63, 3.8) is 0 Å². The second kappa shape index (κ2) is 5.13. The van der Waals surface area contributed by atoms with Crippen LogP contribution in [0.3, 0.4) is 0 Å². The largest absolute Gasteiger partial charge is 0.418 e. The third kappa shape index (κ3) is 4.03. The van der Waals surface area contributed by atoms with Crippen LogP contribution in [0.2, 0.25) is 0 Å². The number of benzene rings is 1. The van der Waals surface area contributed by atoms with Crippen molar-refractivity contribution in [1.82, 2.24) is 0 Å². The molecular weight excluding hydrogens is 253 g/mol. The molecule has 3 N–H and O–H groups in total. The number of nitrogens with two attached hydrogens (primary N) is 1. The van der Waals surface area contributed by atoms with Gasteiger partial charge in [-0.2, -0.15) is 13.2 Å². The molecule has 0 heterocycles. The third-order valence-electron chi connectivity index (χ3n) is 1.84. The predicted octanol–water partition coefficient (Wildman–Crippen LogP) is 2.32. The van der Waals surface area contributed by atoms with E-state index in [1.54, 1.807) is 0 Å². The van der Waals surface area contributed by atoms with Gasteiger partial charge in [0.1, 0.15) is 0 Å². The summed E-state index contributed by atoms with van der Waals surface area (Å²) in [6.45, 7) is 0. The van der Waals surface area contributed by atoms with Crippen molar-refractivity contribution >= 4 is 28.8 Å². The van der Waals surface area contributed by atoms with Crippen LogP contribution in [-0.2, 0) is 11.0 Å². The number of amides is 1. The number of hydrogen-bond acceptors (Lipinski definition) is 2. The van der Waals surface area contributed by atoms with Gasteiger partial charge in [0.25, 0.3) is 0 Å². The Morgan fingerprint density at radius 2 is 1.94 bits per heavy atom. The van der Waals surface area contributed by atoms with Crippen molar-refractivity contribution in [3.05, 3.63) is 29.8 Å². The molecule has 7 heteroatoms. The van der Waals surface area contributed by atoms with E-state index in [0.717, 1.165) is 6.07 Å². The minimum Gasteiger partial charge on any atom is -0.369 e. The van der Waals surface area contributed by atoms with E-state index in [-0.39, 0.29) is 17.1 Å². The zero-order chi connectivity index (χ0) is 13.1. The van der Waals surface area contributed by atoms with Gasteiger partial charge in [0, 0.05) is 0 Å². The molecular formula is C10H9F3N2OS. The van der Waals surface area contributed by atoms with Crippen LogP contribution in [0.15, 0.2) is 24.3 Å². The third-order valence-corrected chi connectivity index (χ3v) is 2.09. The number of hydrogen-bond donors (Lipinski definition) is 2. The molecule has 1 aromatic carbocycles. The molecule has 0 saturated heterocycles. The van der Waals surface area contributed by atoms with Gasteiger partial charge in [-0.15, -0.1) is 0 Å². The molecule has 0 spiro atoms. The lowest BCUT2D eigenvalue weighted by Gasteiger charge is -2.14. The van der Waals surface area contributed by atoms with Crippen LogP contribution in [0.4, 0.5) is 18.9 Å². The van der Waals surface area contributed by atoms with Gasteiger partial charge >= 0.3 is 6.18 Å². The minimum atomic E-state index is -4.48. The standard InChI is InChI=1S/C10H9F3N2OS/c11-10(12,13)6-3-1-2-4-7(6)15-9(17)5-8(14)16/h1-4H,5H2,(H2,14,16)(H,15,17). The first kappa shape index (κ1) is 13.4. The zero-order valence-electron chi connectivity index (χ0n) is 8.54. The molecule has 0 aromatic heterocycles. The number of halogens is 3. The number of primary amides is 1. The highest BCUT2D eigenvalue weighted by molar-refractivity contribution is 7.80. The van der Waals surface area contributed by atoms with Gasteiger partial charge in [-0.3, -0.25) is 4.79 Å². The van der Waals surface area contributed by atoms with Crippen molar-refractivity contribution in [1.29, 1.82) is 0 Å². The molecule has 1 amide bonds. The Hall–Kier alpha value is -1.63. The van der Waals surface area contributed by atoms with Gasteiger partial charge in [-0.05, 0) is 12.1 Å². The number of rotatable bonds is 3. The first-order chi connectivity index (χ1) is 7.80. The van der Waals surface area contributed by atoms with Crippen LogP contribution < -0.4 is 11.1 Å². The van der Waals surface area contributed by atoms with Crippen molar-refractivity contribution in [2.75, 3.05) is 5.32 Å². The lowest BCUT2D eigenvalue weighted by atomic mass is 10.1. The number of alkyl halides is 3. The van der Waals surface area contributed by atoms with Crippen LogP contribution in [0.5, 0.6) is 0 Å². The van der Waals surface area contributed by atoms with E-state index in [9.17, 15) is 18.0 Å². The number of nitrogens with one attached hydrogen (secondary N) is 1. The fraction of sp³-hybridized carbons (Fsp3) is 0.200. The second-order valence-electron chi connectivity index (χ2n) is 3.23. The fourth-order valence-corrected chi connectivity index (χ4v) is 1.44. The quantitative estimate of drug-likeness (QED) is 0.822. The summed E-state index contributed by atoms with van der Waals surface area (Å²) in [4.78, 5) is 10.5. The Bertz CT molecular complexity index is 445. The Kier molecular flexibility index (Phi) is 4.06. The van der Waals surface area contributed by atoms with E-state index in [4.69, 9.17) is 18.0 Å². The van der Waals surface area contributed by atoms with Crippen LogP contribution in [0, 0.1) is 0 Å². The van der Waals surface area contributed by atoms with Gasteiger partial charge < -0.3 is 11.1 Å². The van der Waals surface area contributed by atoms with Crippen molar-refractivity contribution in [3.8, 4) is 0 Å². The Balaban J connectivity index is 2.92. The van der Waals surface area contributed by atoms with Crippen LogP contribution >= 0.6 is 12.2 Å². The molecule has 0 unspecified atom stereocenters. The molecule has 0 aliphatic carbocycles. The maximum Gasteiger partial charge on any atom is 0.418 e. The molecule has 0 aliphatic rings. The van der Waals surface area contributed by atoms with E-state index >= 15 is 0 Å². The number of carbonyl (C=O) groups is 1. The molecule has 3 nitrogen and oxygen atoms in total.